The number of aliphatic hydroxyl groups excluding tert-OH is 1. The number of carbonyl (C=O) groups excluding carboxylic acids is 1. The Morgan fingerprint density at radius 1 is 0.900 bits per heavy atom. The lowest BCUT2D eigenvalue weighted by molar-refractivity contribution is -0.210. The lowest BCUT2D eigenvalue weighted by Crippen LogP contribution is -2.63. The van der Waals surface area contributed by atoms with Gasteiger partial charge in [-0.3, -0.25) is 0 Å². The molecule has 0 aromatic carbocycles. The molecule has 0 amide bonds. The van der Waals surface area contributed by atoms with Crippen LogP contribution in [0.3, 0.4) is 0 Å². The van der Waals surface area contributed by atoms with E-state index in [4.69, 9.17) is 18.5 Å². The van der Waals surface area contributed by atoms with Gasteiger partial charge in [-0.15, -0.1) is 105 Å². The second-order valence-corrected chi connectivity index (χ2v) is 95.5. The maximum absolute atomic E-state index is 13.1. The molecule has 3 rings (SSSR count). The van der Waals surface area contributed by atoms with Crippen LogP contribution in [0.15, 0.2) is 23.8 Å². The molecule has 0 aromatic heterocycles. The molecule has 2 aliphatic carbocycles. The predicted octanol–water partition coefficient (Wildman–Crippen LogP) is 16.8. The minimum absolute atomic E-state index is 0.165. The molecule has 290 valence electrons. The maximum Gasteiger partial charge on any atom is 0.508 e. The van der Waals surface area contributed by atoms with Gasteiger partial charge < -0.3 is 23.6 Å². The zero-order valence-electron chi connectivity index (χ0n) is 28.5. The van der Waals surface area contributed by atoms with Gasteiger partial charge in [0.25, 0.3) is 0 Å². The van der Waals surface area contributed by atoms with Crippen molar-refractivity contribution in [1.29, 1.82) is 0 Å². The Labute approximate surface area is 342 Å². The molecular weight excluding hydrogens is 1060 g/mol. The molecule has 50 heavy (non-hydrogen) atoms. The Morgan fingerprint density at radius 2 is 1.48 bits per heavy atom. The molecule has 6 nitrogen and oxygen atoms in total. The van der Waals surface area contributed by atoms with Gasteiger partial charge in [-0.1, -0.05) is 43.7 Å². The number of ether oxygens (including phenoxy) is 2. The van der Waals surface area contributed by atoms with E-state index in [0.29, 0.717) is 25.7 Å². The van der Waals surface area contributed by atoms with Crippen molar-refractivity contribution in [2.24, 2.45) is 16.7 Å². The van der Waals surface area contributed by atoms with E-state index >= 15 is 0 Å². The standard InChI is InChI=1S/C21H55O6P23/c1-6-7-8-15-21(5)10-14(27-42(43(30)31)48(40-28)44(32)33)16-11(2)13(26-41(29)49(45(34)35)50(46(36)37)47(38)39)9-12(20(16,3)4)17(22)18(21)25-19(23)24-15/h6,12-15,17-18,22,40H,1,7-10,28-39H2,2-5H3/t12?,13-,14+,15-,17+,18+,21+,41?,42?,48?,49?/m0/s1. The van der Waals surface area contributed by atoms with E-state index in [0.717, 1.165) is 7.96 Å². The Balaban J connectivity index is 2.27. The monoisotopic (exact) mass is 1120 g/mol. The number of aliphatic hydroxyl groups is 1. The summed E-state index contributed by atoms with van der Waals surface area (Å²) in [5.74, 6) is -0.214. The van der Waals surface area contributed by atoms with Crippen molar-refractivity contribution in [3.05, 3.63) is 23.8 Å². The molecule has 18 unspecified atom stereocenters. The van der Waals surface area contributed by atoms with Crippen LogP contribution in [-0.4, -0.2) is 41.8 Å². The molecule has 24 atom stereocenters. The fourth-order valence-electron chi connectivity index (χ4n) is 7.07. The molecule has 1 N–H and O–H groups in total. The third-order valence-electron chi connectivity index (χ3n) is 9.25. The van der Waals surface area contributed by atoms with E-state index in [9.17, 15) is 9.90 Å². The van der Waals surface area contributed by atoms with Crippen molar-refractivity contribution in [3.8, 4) is 0 Å². The molecular formula is C21H55O6P23. The van der Waals surface area contributed by atoms with Crippen LogP contribution >= 0.6 is 186 Å². The Bertz CT molecular complexity index is 1190. The summed E-state index contributed by atoms with van der Waals surface area (Å²) in [6, 6.07) is 0. The molecule has 0 spiro atoms. The Morgan fingerprint density at radius 3 is 1.96 bits per heavy atom. The van der Waals surface area contributed by atoms with Crippen LogP contribution in [-0.2, 0) is 18.5 Å². The third kappa shape index (κ3) is 13.1. The lowest BCUT2D eigenvalue weighted by atomic mass is 9.54. The molecule has 0 radical (unpaired) electrons. The zero-order chi connectivity index (χ0) is 38.0. The summed E-state index contributed by atoms with van der Waals surface area (Å²) in [7, 11) is 36.4. The van der Waals surface area contributed by atoms with E-state index in [-0.39, 0.29) is 60.1 Å². The van der Waals surface area contributed by atoms with Gasteiger partial charge in [-0.2, -0.15) is 0 Å². The van der Waals surface area contributed by atoms with Gasteiger partial charge in [0, 0.05) is 25.3 Å². The first-order valence-electron chi connectivity index (χ1n) is 15.0. The van der Waals surface area contributed by atoms with Crippen molar-refractivity contribution in [3.63, 3.8) is 0 Å². The molecule has 1 saturated carbocycles. The van der Waals surface area contributed by atoms with Gasteiger partial charge in [-0.05, 0) is 91.1 Å². The van der Waals surface area contributed by atoms with Crippen molar-refractivity contribution in [1.82, 2.24) is 0 Å². The van der Waals surface area contributed by atoms with Gasteiger partial charge in [0.05, 0.1) is 33.4 Å². The number of hydrogen-bond donors (Lipinski definition) is 1. The zero-order valence-corrected chi connectivity index (χ0v) is 52.3. The molecule has 2 bridgehead atoms. The average molecular weight is 1120 g/mol. The molecule has 3 aliphatic rings. The number of fused-ring (bicyclic) bond motifs is 3. The smallest absolute Gasteiger partial charge is 0.430 e. The first-order chi connectivity index (χ1) is 23.1. The van der Waals surface area contributed by atoms with Crippen LogP contribution in [0, 0.1) is 16.7 Å². The number of rotatable bonds is 16. The SMILES string of the molecule is C=CCC[C@@H]1OC(=O)O[C@@H]2[C@H](O)C3C[C@H](OP(P)P(P(P)P)P(P(P)P)P(P)P)C(C)=C([C@H](OP(P(P)P)P(PP)P(P)P)C[C@]12C)C3(C)C. The van der Waals surface area contributed by atoms with Crippen LogP contribution in [0.5, 0.6) is 0 Å². The highest BCUT2D eigenvalue weighted by Gasteiger charge is 2.61. The van der Waals surface area contributed by atoms with E-state index in [1.54, 1.807) is 0 Å². The molecule has 0 aromatic rings. The quantitative estimate of drug-likeness (QED) is 0.0943. The van der Waals surface area contributed by atoms with E-state index < -0.39 is 64.3 Å². The molecule has 2 fully saturated rings. The van der Waals surface area contributed by atoms with Crippen LogP contribution in [0.2, 0.25) is 0 Å². The Kier molecular flexibility index (Phi) is 25.4. The van der Waals surface area contributed by atoms with Crippen LogP contribution < -0.4 is 0 Å². The highest BCUT2D eigenvalue weighted by atomic mass is 33.3. The average Bonchev–Trinajstić information content (AvgIpc) is 2.99. The van der Waals surface area contributed by atoms with E-state index in [1.807, 2.05) is 6.08 Å². The van der Waals surface area contributed by atoms with Crippen LogP contribution in [0.25, 0.3) is 0 Å². The van der Waals surface area contributed by atoms with E-state index in [2.05, 4.69) is 141 Å². The fraction of sp³-hybridized carbons (Fsp3) is 0.762. The van der Waals surface area contributed by atoms with Crippen molar-refractivity contribution >= 4 is 192 Å². The second-order valence-electron chi connectivity index (χ2n) is 12.7. The summed E-state index contributed by atoms with van der Waals surface area (Å²) in [4.78, 5) is 13.1. The van der Waals surface area contributed by atoms with Crippen LogP contribution in [0.4, 0.5) is 4.79 Å². The summed E-state index contributed by atoms with van der Waals surface area (Å²) < 4.78 is 27.0. The maximum atomic E-state index is 13.1. The molecule has 29 heteroatoms. The highest BCUT2D eigenvalue weighted by Crippen LogP contribution is 3.21. The normalized spacial score (nSPS) is 32.7. The summed E-state index contributed by atoms with van der Waals surface area (Å²) in [6.45, 7) is 10.1. The van der Waals surface area contributed by atoms with Crippen LogP contribution in [0.1, 0.15) is 53.4 Å². The minimum Gasteiger partial charge on any atom is -0.430 e. The molecule has 1 heterocycles. The summed E-state index contributed by atoms with van der Waals surface area (Å²) >= 11 is 0. The summed E-state index contributed by atoms with van der Waals surface area (Å²) in [5.41, 5.74) is 1.41. The number of cyclic esters (lactones) is 1. The largest absolute Gasteiger partial charge is 0.508 e. The van der Waals surface area contributed by atoms with Gasteiger partial charge in [0.1, 0.15) is 12.2 Å². The number of hydrogen-bond acceptors (Lipinski definition) is 6. The first-order valence-corrected chi connectivity index (χ1v) is 55.4. The van der Waals surface area contributed by atoms with Gasteiger partial charge >= 0.3 is 6.16 Å². The van der Waals surface area contributed by atoms with E-state index in [1.165, 1.54) is 11.1 Å². The summed E-state index contributed by atoms with van der Waals surface area (Å²) in [6.07, 6.45) is 1.28. The second kappa shape index (κ2) is 24.0. The number of allylic oxidation sites excluding steroid dienone is 1. The van der Waals surface area contributed by atoms with Gasteiger partial charge in [-0.25, -0.2) is 4.79 Å². The molecule has 1 aliphatic heterocycles. The first kappa shape index (κ1) is 52.9. The van der Waals surface area contributed by atoms with Crippen molar-refractivity contribution in [2.45, 2.75) is 83.9 Å². The lowest BCUT2D eigenvalue weighted by Gasteiger charge is -2.58. The van der Waals surface area contributed by atoms with Crippen molar-refractivity contribution in [2.75, 3.05) is 0 Å². The molecule has 1 saturated heterocycles. The Hall–Kier alpha value is 8.52. The minimum atomic E-state index is -0.891. The van der Waals surface area contributed by atoms with Gasteiger partial charge in [0.15, 0.2) is 0 Å². The summed E-state index contributed by atoms with van der Waals surface area (Å²) in [5, 5.41) is 12.5. The third-order valence-corrected chi connectivity index (χ3v) is 130. The predicted molar refractivity (Wildman–Crippen MR) is 292 cm³/mol. The van der Waals surface area contributed by atoms with Crippen molar-refractivity contribution < 1.29 is 28.4 Å². The topological polar surface area (TPSA) is 74.2 Å². The number of carbonyl (C=O) groups is 1. The highest BCUT2D eigenvalue weighted by molar-refractivity contribution is 9.25. The van der Waals surface area contributed by atoms with Gasteiger partial charge in [0.2, 0.25) is 0 Å². The fourth-order valence-corrected chi connectivity index (χ4v) is 203.